The van der Waals surface area contributed by atoms with E-state index in [0.29, 0.717) is 12.0 Å². The molecule has 0 N–H and O–H groups in total. The number of hydrogen-bond donors (Lipinski definition) is 0. The van der Waals surface area contributed by atoms with Crippen LogP contribution in [0.2, 0.25) is 0 Å². The third kappa shape index (κ3) is 3.94. The highest BCUT2D eigenvalue weighted by Crippen LogP contribution is 2.15. The fourth-order valence-corrected chi connectivity index (χ4v) is 3.43. The number of rotatable bonds is 4. The van der Waals surface area contributed by atoms with Crippen molar-refractivity contribution in [1.29, 1.82) is 5.26 Å². The van der Waals surface area contributed by atoms with Gasteiger partial charge in [-0.05, 0) is 31.5 Å². The van der Waals surface area contributed by atoms with Gasteiger partial charge in [0.1, 0.15) is 0 Å². The quantitative estimate of drug-likeness (QED) is 0.842. The van der Waals surface area contributed by atoms with Gasteiger partial charge in [0.05, 0.1) is 23.7 Å². The number of aromatic nitrogens is 2. The lowest BCUT2D eigenvalue weighted by Gasteiger charge is -2.35. The minimum absolute atomic E-state index is 0.183. The summed E-state index contributed by atoms with van der Waals surface area (Å²) in [5.74, 6) is 0.183. The van der Waals surface area contributed by atoms with Crippen LogP contribution in [0.5, 0.6) is 0 Å². The molecule has 26 heavy (non-hydrogen) atoms. The summed E-state index contributed by atoms with van der Waals surface area (Å²) in [5.41, 5.74) is 4.95. The predicted molar refractivity (Wildman–Crippen MR) is 99.4 cm³/mol. The van der Waals surface area contributed by atoms with Gasteiger partial charge in [-0.2, -0.15) is 10.4 Å². The lowest BCUT2D eigenvalue weighted by atomic mass is 10.1. The SMILES string of the molecule is Cc1nn(C)c(C)c1CC(=O)N1CCN(Cc2ccc(C#N)cc2)CC1. The Hall–Kier alpha value is -2.65. The molecule has 0 radical (unpaired) electrons. The first kappa shape index (κ1) is 18.2. The molecule has 1 aliphatic heterocycles. The molecule has 6 heteroatoms. The van der Waals surface area contributed by atoms with Crippen LogP contribution >= 0.6 is 0 Å². The molecule has 1 fully saturated rings. The van der Waals surface area contributed by atoms with Crippen LogP contribution in [-0.4, -0.2) is 51.7 Å². The molecule has 0 saturated carbocycles. The summed E-state index contributed by atoms with van der Waals surface area (Å²) >= 11 is 0. The summed E-state index contributed by atoms with van der Waals surface area (Å²) < 4.78 is 1.84. The average molecular weight is 351 g/mol. The van der Waals surface area contributed by atoms with E-state index in [-0.39, 0.29) is 5.91 Å². The van der Waals surface area contributed by atoms with Gasteiger partial charge in [0, 0.05) is 51.0 Å². The van der Waals surface area contributed by atoms with Gasteiger partial charge in [-0.15, -0.1) is 0 Å². The molecule has 1 amide bonds. The summed E-state index contributed by atoms with van der Waals surface area (Å²) in [7, 11) is 1.91. The Labute approximate surface area is 154 Å². The zero-order chi connectivity index (χ0) is 18.7. The van der Waals surface area contributed by atoms with Gasteiger partial charge in [-0.25, -0.2) is 0 Å². The summed E-state index contributed by atoms with van der Waals surface area (Å²) in [6.45, 7) is 8.09. The third-order valence-corrected chi connectivity index (χ3v) is 5.20. The third-order valence-electron chi connectivity index (χ3n) is 5.20. The van der Waals surface area contributed by atoms with Crippen LogP contribution in [0.1, 0.15) is 28.1 Å². The van der Waals surface area contributed by atoms with Crippen LogP contribution in [0.15, 0.2) is 24.3 Å². The van der Waals surface area contributed by atoms with Crippen LogP contribution in [0.3, 0.4) is 0 Å². The standard InChI is InChI=1S/C20H25N5O/c1-15-19(16(2)23(3)22-15)12-20(26)25-10-8-24(9-11-25)14-18-6-4-17(13-21)5-7-18/h4-7H,8-12,14H2,1-3H3. The second-order valence-corrected chi connectivity index (χ2v) is 6.92. The summed E-state index contributed by atoms with van der Waals surface area (Å²) in [5, 5.41) is 13.3. The molecule has 1 saturated heterocycles. The zero-order valence-electron chi connectivity index (χ0n) is 15.7. The number of carbonyl (C=O) groups excluding carboxylic acids is 1. The van der Waals surface area contributed by atoms with Gasteiger partial charge in [0.2, 0.25) is 5.91 Å². The second-order valence-electron chi connectivity index (χ2n) is 6.92. The molecule has 0 unspecified atom stereocenters. The Kier molecular flexibility index (Phi) is 5.38. The van der Waals surface area contributed by atoms with E-state index in [9.17, 15) is 4.79 Å². The van der Waals surface area contributed by atoms with Crippen molar-refractivity contribution < 1.29 is 4.79 Å². The maximum atomic E-state index is 12.7. The molecular weight excluding hydrogens is 326 g/mol. The number of hydrogen-bond acceptors (Lipinski definition) is 4. The molecule has 3 rings (SSSR count). The van der Waals surface area contributed by atoms with Gasteiger partial charge >= 0.3 is 0 Å². The van der Waals surface area contributed by atoms with Gasteiger partial charge in [0.15, 0.2) is 0 Å². The summed E-state index contributed by atoms with van der Waals surface area (Å²) in [4.78, 5) is 17.0. The van der Waals surface area contributed by atoms with Crippen molar-refractivity contribution in [3.05, 3.63) is 52.3 Å². The van der Waals surface area contributed by atoms with Crippen LogP contribution in [0.4, 0.5) is 0 Å². The van der Waals surface area contributed by atoms with Gasteiger partial charge in [-0.1, -0.05) is 12.1 Å². The number of aryl methyl sites for hydroxylation is 2. The van der Waals surface area contributed by atoms with E-state index >= 15 is 0 Å². The normalized spacial score (nSPS) is 15.1. The van der Waals surface area contributed by atoms with Crippen molar-refractivity contribution in [3.8, 4) is 6.07 Å². The highest BCUT2D eigenvalue weighted by molar-refractivity contribution is 5.79. The van der Waals surface area contributed by atoms with E-state index in [1.807, 2.05) is 54.7 Å². The number of piperazine rings is 1. The van der Waals surface area contributed by atoms with Gasteiger partial charge in [-0.3, -0.25) is 14.4 Å². The Morgan fingerprint density at radius 1 is 1.15 bits per heavy atom. The molecule has 136 valence electrons. The van der Waals surface area contributed by atoms with Crippen LogP contribution < -0.4 is 0 Å². The van der Waals surface area contributed by atoms with Crippen LogP contribution in [0.25, 0.3) is 0 Å². The molecule has 0 bridgehead atoms. The summed E-state index contributed by atoms with van der Waals surface area (Å²) in [6, 6.07) is 9.86. The van der Waals surface area contributed by atoms with E-state index in [2.05, 4.69) is 16.1 Å². The maximum Gasteiger partial charge on any atom is 0.227 e. The van der Waals surface area contributed by atoms with Crippen molar-refractivity contribution in [2.24, 2.45) is 7.05 Å². The number of nitriles is 1. The van der Waals surface area contributed by atoms with Crippen molar-refractivity contribution in [2.45, 2.75) is 26.8 Å². The van der Waals surface area contributed by atoms with E-state index in [1.54, 1.807) is 0 Å². The Balaban J connectivity index is 1.52. The Morgan fingerprint density at radius 2 is 1.81 bits per heavy atom. The monoisotopic (exact) mass is 351 g/mol. The van der Waals surface area contributed by atoms with Gasteiger partial charge in [0.25, 0.3) is 0 Å². The van der Waals surface area contributed by atoms with Crippen molar-refractivity contribution in [2.75, 3.05) is 26.2 Å². The van der Waals surface area contributed by atoms with Crippen LogP contribution in [-0.2, 0) is 24.8 Å². The molecule has 1 aromatic heterocycles. The Bertz CT molecular complexity index is 823. The molecule has 2 aromatic rings. The van der Waals surface area contributed by atoms with E-state index < -0.39 is 0 Å². The molecule has 1 aliphatic rings. The molecular formula is C20H25N5O. The fourth-order valence-electron chi connectivity index (χ4n) is 3.43. The minimum atomic E-state index is 0.183. The first-order valence-electron chi connectivity index (χ1n) is 8.96. The largest absolute Gasteiger partial charge is 0.340 e. The molecule has 2 heterocycles. The van der Waals surface area contributed by atoms with E-state index in [0.717, 1.165) is 49.7 Å². The zero-order valence-corrected chi connectivity index (χ0v) is 15.7. The number of carbonyl (C=O) groups is 1. The molecule has 0 atom stereocenters. The van der Waals surface area contributed by atoms with Crippen molar-refractivity contribution in [1.82, 2.24) is 19.6 Å². The molecule has 0 spiro atoms. The predicted octanol–water partition coefficient (Wildman–Crippen LogP) is 1.80. The highest BCUT2D eigenvalue weighted by Gasteiger charge is 2.23. The van der Waals surface area contributed by atoms with Crippen molar-refractivity contribution in [3.63, 3.8) is 0 Å². The lowest BCUT2D eigenvalue weighted by Crippen LogP contribution is -2.48. The molecule has 1 aromatic carbocycles. The smallest absolute Gasteiger partial charge is 0.227 e. The first-order valence-corrected chi connectivity index (χ1v) is 8.96. The average Bonchev–Trinajstić information content (AvgIpc) is 2.89. The Morgan fingerprint density at radius 3 is 2.35 bits per heavy atom. The number of benzene rings is 1. The van der Waals surface area contributed by atoms with Gasteiger partial charge < -0.3 is 4.90 Å². The second kappa shape index (κ2) is 7.71. The highest BCUT2D eigenvalue weighted by atomic mass is 16.2. The number of amides is 1. The number of nitrogens with zero attached hydrogens (tertiary/aromatic N) is 5. The molecule has 6 nitrogen and oxygen atoms in total. The topological polar surface area (TPSA) is 65.2 Å². The van der Waals surface area contributed by atoms with Crippen LogP contribution in [0, 0.1) is 25.2 Å². The summed E-state index contributed by atoms with van der Waals surface area (Å²) in [6.07, 6.45) is 0.432. The first-order chi connectivity index (χ1) is 12.5. The van der Waals surface area contributed by atoms with E-state index in [1.165, 1.54) is 5.56 Å². The maximum absolute atomic E-state index is 12.7. The molecule has 0 aliphatic carbocycles. The van der Waals surface area contributed by atoms with Crippen molar-refractivity contribution >= 4 is 5.91 Å². The minimum Gasteiger partial charge on any atom is -0.340 e. The van der Waals surface area contributed by atoms with E-state index in [4.69, 9.17) is 5.26 Å². The fraction of sp³-hybridized carbons (Fsp3) is 0.450. The lowest BCUT2D eigenvalue weighted by molar-refractivity contribution is -0.132.